The van der Waals surface area contributed by atoms with Crippen LogP contribution in [-0.2, 0) is 26.6 Å². The van der Waals surface area contributed by atoms with Gasteiger partial charge in [-0.15, -0.1) is 0 Å². The Labute approximate surface area is 237 Å². The topological polar surface area (TPSA) is 61.9 Å². The summed E-state index contributed by atoms with van der Waals surface area (Å²) in [6.07, 6.45) is 12.6. The van der Waals surface area contributed by atoms with Gasteiger partial charge in [0, 0.05) is 67.8 Å². The van der Waals surface area contributed by atoms with Crippen LogP contribution in [0.1, 0.15) is 78.1 Å². The molecular weight excluding hydrogens is 516 g/mol. The Bertz CT molecular complexity index is 519. The second kappa shape index (κ2) is 20.9. The van der Waals surface area contributed by atoms with Crippen LogP contribution < -0.4 is 0 Å². The van der Waals surface area contributed by atoms with Gasteiger partial charge in [0.05, 0.1) is 0 Å². The Hall–Kier alpha value is 0.114. The lowest BCUT2D eigenvalue weighted by Gasteiger charge is -2.36. The van der Waals surface area contributed by atoms with Gasteiger partial charge < -0.3 is 36.4 Å². The Kier molecular flexibility index (Phi) is 19.9. The minimum Gasteiger partial charge on any atom is -0.377 e. The van der Waals surface area contributed by atoms with Crippen LogP contribution in [0.3, 0.4) is 0 Å². The van der Waals surface area contributed by atoms with Crippen molar-refractivity contribution < 1.29 is 26.6 Å². The number of rotatable bonds is 24. The highest BCUT2D eigenvalue weighted by molar-refractivity contribution is 6.60. The van der Waals surface area contributed by atoms with Crippen LogP contribution in [-0.4, -0.2) is 109 Å². The predicted molar refractivity (Wildman–Crippen MR) is 161 cm³/mol. The zero-order valence-corrected chi connectivity index (χ0v) is 28.2. The molecule has 0 heterocycles. The van der Waals surface area contributed by atoms with Gasteiger partial charge in [0.15, 0.2) is 0 Å². The van der Waals surface area contributed by atoms with Crippen molar-refractivity contribution in [3.05, 3.63) is 0 Å². The molecule has 38 heavy (non-hydrogen) atoms. The Morgan fingerprint density at radius 3 is 1.21 bits per heavy atom. The molecule has 1 fully saturated rings. The van der Waals surface area contributed by atoms with E-state index < -0.39 is 17.6 Å². The van der Waals surface area contributed by atoms with Gasteiger partial charge in [0.25, 0.3) is 0 Å². The largest absolute Gasteiger partial charge is 0.500 e. The summed E-state index contributed by atoms with van der Waals surface area (Å²) in [5.74, 6) is 1.59. The molecule has 0 amide bonds. The van der Waals surface area contributed by atoms with Gasteiger partial charge in [-0.05, 0) is 83.0 Å². The minimum absolute atomic E-state index is 0.761. The Morgan fingerprint density at radius 1 is 0.553 bits per heavy atom. The molecule has 0 aromatic carbocycles. The molecule has 1 saturated carbocycles. The number of hydrogen-bond acceptors (Lipinski definition) is 8. The summed E-state index contributed by atoms with van der Waals surface area (Å²) in [6, 6.07) is 1.66. The summed E-state index contributed by atoms with van der Waals surface area (Å²) in [5.41, 5.74) is 0. The molecule has 0 bridgehead atoms. The van der Waals surface area contributed by atoms with Crippen LogP contribution >= 0.6 is 0 Å². The Balaban J connectivity index is 2.77. The first-order chi connectivity index (χ1) is 18.4. The summed E-state index contributed by atoms with van der Waals surface area (Å²) in [6.45, 7) is 11.6. The average molecular weight is 579 g/mol. The standard InChI is InChI=1S/C28H62N2O6Si2/c1-9-11-18-29(19-12-10-2)25-27-16-13-17-28(24-27)26-30(20-14-22-37(31-3,32-4)33-5)21-15-23-38(34-6,35-7)36-8/h27-28H,9-26H2,1-8H3. The Morgan fingerprint density at radius 2 is 0.895 bits per heavy atom. The molecule has 0 aromatic rings. The van der Waals surface area contributed by atoms with Crippen molar-refractivity contribution in [2.75, 3.05) is 81.9 Å². The molecule has 8 nitrogen and oxygen atoms in total. The lowest BCUT2D eigenvalue weighted by Crippen LogP contribution is -2.44. The maximum absolute atomic E-state index is 5.67. The van der Waals surface area contributed by atoms with Crippen LogP contribution in [0.2, 0.25) is 12.1 Å². The van der Waals surface area contributed by atoms with Crippen molar-refractivity contribution in [1.29, 1.82) is 0 Å². The van der Waals surface area contributed by atoms with Crippen molar-refractivity contribution in [2.45, 2.75) is 90.1 Å². The van der Waals surface area contributed by atoms with Crippen molar-refractivity contribution in [3.63, 3.8) is 0 Å². The third-order valence-electron chi connectivity index (χ3n) is 8.36. The second-order valence-corrected chi connectivity index (χ2v) is 17.2. The number of hydrogen-bond donors (Lipinski definition) is 0. The van der Waals surface area contributed by atoms with E-state index in [9.17, 15) is 0 Å². The monoisotopic (exact) mass is 578 g/mol. The summed E-state index contributed by atoms with van der Waals surface area (Å²) in [4.78, 5) is 5.41. The van der Waals surface area contributed by atoms with Crippen molar-refractivity contribution in [2.24, 2.45) is 11.8 Å². The lowest BCUT2D eigenvalue weighted by molar-refractivity contribution is 0.114. The molecule has 1 aliphatic rings. The van der Waals surface area contributed by atoms with Gasteiger partial charge in [-0.25, -0.2) is 0 Å². The molecule has 0 aliphatic heterocycles. The van der Waals surface area contributed by atoms with Gasteiger partial charge in [-0.2, -0.15) is 0 Å². The number of nitrogens with zero attached hydrogens (tertiary/aromatic N) is 2. The van der Waals surface area contributed by atoms with Gasteiger partial charge in [0.2, 0.25) is 0 Å². The molecular formula is C28H62N2O6Si2. The smallest absolute Gasteiger partial charge is 0.377 e. The maximum atomic E-state index is 5.67. The van der Waals surface area contributed by atoms with Crippen LogP contribution in [0.15, 0.2) is 0 Å². The van der Waals surface area contributed by atoms with E-state index in [-0.39, 0.29) is 0 Å². The minimum atomic E-state index is -2.55. The third kappa shape index (κ3) is 13.2. The molecule has 2 atom stereocenters. The van der Waals surface area contributed by atoms with Gasteiger partial charge in [0.1, 0.15) is 0 Å². The van der Waals surface area contributed by atoms with E-state index in [1.54, 1.807) is 42.7 Å². The van der Waals surface area contributed by atoms with E-state index in [4.69, 9.17) is 26.6 Å². The molecule has 1 rings (SSSR count). The zero-order valence-electron chi connectivity index (χ0n) is 26.2. The molecule has 10 heteroatoms. The van der Waals surface area contributed by atoms with E-state index in [1.165, 1.54) is 71.0 Å². The van der Waals surface area contributed by atoms with Crippen molar-refractivity contribution in [3.8, 4) is 0 Å². The fraction of sp³-hybridized carbons (Fsp3) is 1.00. The number of unbranched alkanes of at least 4 members (excludes halogenated alkanes) is 2. The van der Waals surface area contributed by atoms with Crippen LogP contribution in [0.5, 0.6) is 0 Å². The van der Waals surface area contributed by atoms with Gasteiger partial charge in [-0.1, -0.05) is 33.1 Å². The SMILES string of the molecule is CCCCN(CCCC)CC1CCCC(CN(CCC[Si](OC)(OC)OC)CCC[Si](OC)(OC)OC)C1. The first-order valence-electron chi connectivity index (χ1n) is 15.1. The van der Waals surface area contributed by atoms with Crippen molar-refractivity contribution >= 4 is 17.6 Å². The molecule has 0 saturated heterocycles. The molecule has 0 aromatic heterocycles. The highest BCUT2D eigenvalue weighted by atomic mass is 28.4. The molecule has 0 spiro atoms. The van der Waals surface area contributed by atoms with E-state index >= 15 is 0 Å². The molecule has 228 valence electrons. The first kappa shape index (κ1) is 36.1. The first-order valence-corrected chi connectivity index (χ1v) is 19.0. The third-order valence-corrected chi connectivity index (χ3v) is 14.0. The summed E-state index contributed by atoms with van der Waals surface area (Å²) in [5, 5.41) is 0. The molecule has 0 radical (unpaired) electrons. The maximum Gasteiger partial charge on any atom is 0.500 e. The highest BCUT2D eigenvalue weighted by Crippen LogP contribution is 2.31. The van der Waals surface area contributed by atoms with E-state index in [0.29, 0.717) is 0 Å². The molecule has 1 aliphatic carbocycles. The van der Waals surface area contributed by atoms with E-state index in [2.05, 4.69) is 23.6 Å². The fourth-order valence-electron chi connectivity index (χ4n) is 5.97. The fourth-order valence-corrected chi connectivity index (χ4v) is 9.37. The van der Waals surface area contributed by atoms with Gasteiger partial charge >= 0.3 is 17.6 Å². The molecule has 0 N–H and O–H groups in total. The molecule has 2 unspecified atom stereocenters. The van der Waals surface area contributed by atoms with Crippen LogP contribution in [0.25, 0.3) is 0 Å². The highest BCUT2D eigenvalue weighted by Gasteiger charge is 2.38. The summed E-state index contributed by atoms with van der Waals surface area (Å²) >= 11 is 0. The zero-order chi connectivity index (χ0) is 28.3. The van der Waals surface area contributed by atoms with Crippen LogP contribution in [0, 0.1) is 11.8 Å². The summed E-state index contributed by atoms with van der Waals surface area (Å²) < 4.78 is 34.0. The quantitative estimate of drug-likeness (QED) is 0.139. The van der Waals surface area contributed by atoms with E-state index in [1.807, 2.05) is 0 Å². The predicted octanol–water partition coefficient (Wildman–Crippen LogP) is 5.53. The van der Waals surface area contributed by atoms with Crippen LogP contribution in [0.4, 0.5) is 0 Å². The normalized spacial score (nSPS) is 19.1. The van der Waals surface area contributed by atoms with Gasteiger partial charge in [-0.3, -0.25) is 0 Å². The average Bonchev–Trinajstić information content (AvgIpc) is 2.95. The van der Waals surface area contributed by atoms with E-state index in [0.717, 1.165) is 56.4 Å². The second-order valence-electron chi connectivity index (χ2n) is 11.0. The summed E-state index contributed by atoms with van der Waals surface area (Å²) in [7, 11) is 5.11. The van der Waals surface area contributed by atoms with Crippen molar-refractivity contribution in [1.82, 2.24) is 9.80 Å². The lowest BCUT2D eigenvalue weighted by atomic mass is 9.80.